The predicted octanol–water partition coefficient (Wildman–Crippen LogP) is 2.14. The molecule has 1 amide bonds. The van der Waals surface area contributed by atoms with E-state index < -0.39 is 0 Å². The zero-order valence-corrected chi connectivity index (χ0v) is 11.3. The molecule has 104 valence electrons. The molecule has 1 N–H and O–H groups in total. The van der Waals surface area contributed by atoms with Gasteiger partial charge in [-0.1, -0.05) is 0 Å². The third kappa shape index (κ3) is 3.44. The van der Waals surface area contributed by atoms with Crippen LogP contribution >= 0.6 is 0 Å². The number of nitrogens with one attached hydrogen (secondary N) is 1. The Labute approximate surface area is 116 Å². The van der Waals surface area contributed by atoms with Gasteiger partial charge in [-0.05, 0) is 31.2 Å². The molecule has 2 aromatic rings. The molecule has 0 aliphatic heterocycles. The lowest BCUT2D eigenvalue weighted by Crippen LogP contribution is -2.14. The Morgan fingerprint density at radius 1 is 1.25 bits per heavy atom. The molecule has 2 rings (SSSR count). The van der Waals surface area contributed by atoms with Gasteiger partial charge in [0.25, 0.3) is 5.91 Å². The summed E-state index contributed by atoms with van der Waals surface area (Å²) in [4.78, 5) is 19.9. The van der Waals surface area contributed by atoms with Crippen molar-refractivity contribution >= 4 is 11.6 Å². The number of aromatic nitrogens is 2. The van der Waals surface area contributed by atoms with E-state index in [0.29, 0.717) is 18.2 Å². The highest BCUT2D eigenvalue weighted by atomic mass is 16.5. The Morgan fingerprint density at radius 3 is 2.65 bits per heavy atom. The second-order valence-electron chi connectivity index (χ2n) is 3.86. The van der Waals surface area contributed by atoms with Gasteiger partial charge in [0.15, 0.2) is 0 Å². The van der Waals surface area contributed by atoms with Crippen LogP contribution in [0.15, 0.2) is 36.7 Å². The predicted molar refractivity (Wildman–Crippen MR) is 74.1 cm³/mol. The maximum absolute atomic E-state index is 12.0. The van der Waals surface area contributed by atoms with E-state index in [1.807, 2.05) is 6.92 Å². The fraction of sp³-hybridized carbons (Fsp3) is 0.214. The van der Waals surface area contributed by atoms with E-state index in [9.17, 15) is 4.79 Å². The van der Waals surface area contributed by atoms with Crippen LogP contribution in [0.4, 0.5) is 5.69 Å². The molecule has 0 aliphatic carbocycles. The van der Waals surface area contributed by atoms with Crippen LogP contribution in [0.2, 0.25) is 0 Å². The lowest BCUT2D eigenvalue weighted by atomic mass is 10.3. The van der Waals surface area contributed by atoms with Crippen LogP contribution in [0.1, 0.15) is 17.4 Å². The van der Waals surface area contributed by atoms with E-state index in [1.54, 1.807) is 31.4 Å². The monoisotopic (exact) mass is 273 g/mol. The SMILES string of the molecule is CCOc1cc(C(=O)Nc2ccc(OC)cc2)ncn1. The molecular formula is C14H15N3O3. The molecule has 0 unspecified atom stereocenters. The maximum atomic E-state index is 12.0. The topological polar surface area (TPSA) is 73.3 Å². The summed E-state index contributed by atoms with van der Waals surface area (Å²) >= 11 is 0. The maximum Gasteiger partial charge on any atom is 0.274 e. The third-order valence-electron chi connectivity index (χ3n) is 2.51. The first kappa shape index (κ1) is 13.8. The first-order valence-electron chi connectivity index (χ1n) is 6.13. The quantitative estimate of drug-likeness (QED) is 0.903. The van der Waals surface area contributed by atoms with Crippen LogP contribution in [0.3, 0.4) is 0 Å². The summed E-state index contributed by atoms with van der Waals surface area (Å²) in [5.41, 5.74) is 0.909. The average molecular weight is 273 g/mol. The van der Waals surface area contributed by atoms with Crippen molar-refractivity contribution in [3.63, 3.8) is 0 Å². The fourth-order valence-corrected chi connectivity index (χ4v) is 1.56. The van der Waals surface area contributed by atoms with Crippen molar-refractivity contribution in [2.24, 2.45) is 0 Å². The number of hydrogen-bond acceptors (Lipinski definition) is 5. The minimum Gasteiger partial charge on any atom is -0.497 e. The average Bonchev–Trinajstić information content (AvgIpc) is 2.48. The first-order valence-corrected chi connectivity index (χ1v) is 6.13. The van der Waals surface area contributed by atoms with Crippen molar-refractivity contribution in [3.8, 4) is 11.6 Å². The van der Waals surface area contributed by atoms with E-state index in [0.717, 1.165) is 5.75 Å². The molecule has 0 atom stereocenters. The van der Waals surface area contributed by atoms with Crippen molar-refractivity contribution in [2.75, 3.05) is 19.0 Å². The molecule has 0 radical (unpaired) electrons. The van der Waals surface area contributed by atoms with Gasteiger partial charge in [-0.25, -0.2) is 9.97 Å². The zero-order chi connectivity index (χ0) is 14.4. The van der Waals surface area contributed by atoms with Gasteiger partial charge in [0.2, 0.25) is 5.88 Å². The zero-order valence-electron chi connectivity index (χ0n) is 11.3. The molecule has 1 aromatic heterocycles. The normalized spacial score (nSPS) is 9.90. The smallest absolute Gasteiger partial charge is 0.274 e. The summed E-state index contributed by atoms with van der Waals surface area (Å²) in [6, 6.07) is 8.54. The minimum absolute atomic E-state index is 0.249. The van der Waals surface area contributed by atoms with Gasteiger partial charge in [-0.2, -0.15) is 0 Å². The Balaban J connectivity index is 2.08. The van der Waals surface area contributed by atoms with E-state index in [-0.39, 0.29) is 11.6 Å². The Bertz CT molecular complexity index is 584. The number of amides is 1. The molecule has 20 heavy (non-hydrogen) atoms. The first-order chi connectivity index (χ1) is 9.72. The number of carbonyl (C=O) groups excluding carboxylic acids is 1. The van der Waals surface area contributed by atoms with Crippen LogP contribution in [0, 0.1) is 0 Å². The van der Waals surface area contributed by atoms with Gasteiger partial charge in [0, 0.05) is 11.8 Å². The molecule has 0 fully saturated rings. The number of methoxy groups -OCH3 is 1. The van der Waals surface area contributed by atoms with Crippen LogP contribution in [0.25, 0.3) is 0 Å². The molecule has 0 saturated carbocycles. The van der Waals surface area contributed by atoms with Crippen molar-refractivity contribution in [3.05, 3.63) is 42.4 Å². The van der Waals surface area contributed by atoms with Gasteiger partial charge in [-0.3, -0.25) is 4.79 Å². The van der Waals surface area contributed by atoms with E-state index in [4.69, 9.17) is 9.47 Å². The minimum atomic E-state index is -0.321. The van der Waals surface area contributed by atoms with Crippen LogP contribution in [-0.4, -0.2) is 29.6 Å². The van der Waals surface area contributed by atoms with Crippen molar-refractivity contribution < 1.29 is 14.3 Å². The number of anilines is 1. The van der Waals surface area contributed by atoms with Gasteiger partial charge < -0.3 is 14.8 Å². The highest BCUT2D eigenvalue weighted by Gasteiger charge is 2.09. The van der Waals surface area contributed by atoms with Gasteiger partial charge >= 0.3 is 0 Å². The second kappa shape index (κ2) is 6.51. The molecule has 6 heteroatoms. The van der Waals surface area contributed by atoms with E-state index >= 15 is 0 Å². The standard InChI is InChI=1S/C14H15N3O3/c1-3-20-13-8-12(15-9-16-13)14(18)17-10-4-6-11(19-2)7-5-10/h4-9H,3H2,1-2H3,(H,17,18). The molecule has 0 spiro atoms. The molecule has 0 bridgehead atoms. The summed E-state index contributed by atoms with van der Waals surface area (Å²) in [5.74, 6) is 0.782. The van der Waals surface area contributed by atoms with Crippen molar-refractivity contribution in [1.29, 1.82) is 0 Å². The van der Waals surface area contributed by atoms with Gasteiger partial charge in [-0.15, -0.1) is 0 Å². The van der Waals surface area contributed by atoms with Crippen molar-refractivity contribution in [1.82, 2.24) is 9.97 Å². The largest absolute Gasteiger partial charge is 0.497 e. The summed E-state index contributed by atoms with van der Waals surface area (Å²) in [5, 5.41) is 2.74. The second-order valence-corrected chi connectivity index (χ2v) is 3.86. The summed E-state index contributed by atoms with van der Waals surface area (Å²) in [6.07, 6.45) is 1.30. The van der Waals surface area contributed by atoms with Crippen LogP contribution in [-0.2, 0) is 0 Å². The molecule has 6 nitrogen and oxygen atoms in total. The number of rotatable bonds is 5. The fourth-order valence-electron chi connectivity index (χ4n) is 1.56. The number of ether oxygens (including phenoxy) is 2. The highest BCUT2D eigenvalue weighted by Crippen LogP contribution is 2.16. The number of carbonyl (C=O) groups is 1. The Kier molecular flexibility index (Phi) is 4.49. The van der Waals surface area contributed by atoms with E-state index in [2.05, 4.69) is 15.3 Å². The van der Waals surface area contributed by atoms with Crippen LogP contribution < -0.4 is 14.8 Å². The number of benzene rings is 1. The molecule has 1 aromatic carbocycles. The summed E-state index contributed by atoms with van der Waals surface area (Å²) < 4.78 is 10.3. The van der Waals surface area contributed by atoms with Crippen molar-refractivity contribution in [2.45, 2.75) is 6.92 Å². The number of hydrogen-bond donors (Lipinski definition) is 1. The molecule has 0 saturated heterocycles. The lowest BCUT2D eigenvalue weighted by molar-refractivity contribution is 0.102. The van der Waals surface area contributed by atoms with Gasteiger partial charge in [0.1, 0.15) is 17.8 Å². The Hall–Kier alpha value is -2.63. The Morgan fingerprint density at radius 2 is 2.00 bits per heavy atom. The third-order valence-corrected chi connectivity index (χ3v) is 2.51. The highest BCUT2D eigenvalue weighted by molar-refractivity contribution is 6.02. The van der Waals surface area contributed by atoms with Gasteiger partial charge in [0.05, 0.1) is 13.7 Å². The van der Waals surface area contributed by atoms with Crippen LogP contribution in [0.5, 0.6) is 11.6 Å². The number of nitrogens with zero attached hydrogens (tertiary/aromatic N) is 2. The molecule has 0 aliphatic rings. The lowest BCUT2D eigenvalue weighted by Gasteiger charge is -2.07. The molecule has 1 heterocycles. The molecular weight excluding hydrogens is 258 g/mol. The van der Waals surface area contributed by atoms with E-state index in [1.165, 1.54) is 12.4 Å². The summed E-state index contributed by atoms with van der Waals surface area (Å²) in [6.45, 7) is 2.33. The summed E-state index contributed by atoms with van der Waals surface area (Å²) in [7, 11) is 1.59.